The fourth-order valence-corrected chi connectivity index (χ4v) is 2.72. The summed E-state index contributed by atoms with van der Waals surface area (Å²) in [6.07, 6.45) is 0.383. The predicted octanol–water partition coefficient (Wildman–Crippen LogP) is 2.85. The van der Waals surface area contributed by atoms with Crippen LogP contribution in [-0.2, 0) is 0 Å². The molecule has 0 aliphatic rings. The Hall–Kier alpha value is -0.500. The van der Waals surface area contributed by atoms with Crippen molar-refractivity contribution in [2.75, 3.05) is 0 Å². The third-order valence-electron chi connectivity index (χ3n) is 1.46. The Morgan fingerprint density at radius 2 is 2.38 bits per heavy atom. The van der Waals surface area contributed by atoms with Crippen LogP contribution >= 0.6 is 33.9 Å². The molecule has 0 fully saturated rings. The first-order valence-electron chi connectivity index (χ1n) is 3.53. The molecule has 4 nitrogen and oxygen atoms in total. The first-order valence-corrected chi connectivity index (χ1v) is 5.42. The zero-order valence-corrected chi connectivity index (χ0v) is 9.72. The summed E-state index contributed by atoms with van der Waals surface area (Å²) in [4.78, 5) is 21.6. The lowest BCUT2D eigenvalue weighted by Gasteiger charge is -1.86. The molecule has 0 amide bonds. The van der Waals surface area contributed by atoms with E-state index in [0.717, 1.165) is 0 Å². The number of Topliss-reactive ketones (excluding diaryl/α,β-unsaturated/α-hetero) is 1. The van der Waals surface area contributed by atoms with Gasteiger partial charge in [-0.05, 0) is 22.6 Å². The van der Waals surface area contributed by atoms with Crippen molar-refractivity contribution >= 4 is 45.4 Å². The highest BCUT2D eigenvalue weighted by atomic mass is 127. The van der Waals surface area contributed by atoms with E-state index in [1.54, 1.807) is 6.92 Å². The van der Waals surface area contributed by atoms with Gasteiger partial charge in [-0.3, -0.25) is 14.9 Å². The SMILES string of the molecule is CCC(=O)c1cc([N+](=O)[O-])c(I)s1. The molecule has 0 spiro atoms. The van der Waals surface area contributed by atoms with Crippen LogP contribution in [0, 0.1) is 13.0 Å². The highest BCUT2D eigenvalue weighted by Gasteiger charge is 2.19. The van der Waals surface area contributed by atoms with E-state index in [2.05, 4.69) is 0 Å². The highest BCUT2D eigenvalue weighted by Crippen LogP contribution is 2.30. The number of nitrogens with zero attached hydrogens (tertiary/aromatic N) is 1. The molecular formula is C7H6INO3S. The van der Waals surface area contributed by atoms with Crippen molar-refractivity contribution < 1.29 is 9.72 Å². The Kier molecular flexibility index (Phi) is 3.37. The van der Waals surface area contributed by atoms with Gasteiger partial charge in [0.05, 0.1) is 9.80 Å². The smallest absolute Gasteiger partial charge is 0.293 e. The van der Waals surface area contributed by atoms with Gasteiger partial charge in [-0.2, -0.15) is 0 Å². The largest absolute Gasteiger partial charge is 0.294 e. The fourth-order valence-electron chi connectivity index (χ4n) is 0.795. The molecule has 1 rings (SSSR count). The molecule has 0 aliphatic heterocycles. The third-order valence-corrected chi connectivity index (χ3v) is 3.63. The molecule has 0 aliphatic carbocycles. The molecule has 0 N–H and O–H groups in total. The van der Waals surface area contributed by atoms with Gasteiger partial charge >= 0.3 is 0 Å². The number of ketones is 1. The second-order valence-corrected chi connectivity index (χ2v) is 5.17. The summed E-state index contributed by atoms with van der Waals surface area (Å²) in [5, 5.41) is 10.4. The maximum absolute atomic E-state index is 11.2. The van der Waals surface area contributed by atoms with Crippen molar-refractivity contribution in [3.8, 4) is 0 Å². The van der Waals surface area contributed by atoms with Crippen LogP contribution in [0.15, 0.2) is 6.07 Å². The van der Waals surface area contributed by atoms with Crippen LogP contribution in [0.2, 0.25) is 0 Å². The Bertz CT molecular complexity index is 361. The van der Waals surface area contributed by atoms with Crippen molar-refractivity contribution in [2.45, 2.75) is 13.3 Å². The maximum Gasteiger partial charge on any atom is 0.294 e. The van der Waals surface area contributed by atoms with Crippen molar-refractivity contribution in [1.29, 1.82) is 0 Å². The van der Waals surface area contributed by atoms with Gasteiger partial charge in [0, 0.05) is 12.5 Å². The molecule has 1 aromatic rings. The summed E-state index contributed by atoms with van der Waals surface area (Å²) in [7, 11) is 0. The lowest BCUT2D eigenvalue weighted by atomic mass is 10.2. The van der Waals surface area contributed by atoms with Crippen LogP contribution in [0.5, 0.6) is 0 Å². The molecule has 13 heavy (non-hydrogen) atoms. The fraction of sp³-hybridized carbons (Fsp3) is 0.286. The normalized spacial score (nSPS) is 10.0. The van der Waals surface area contributed by atoms with Gasteiger partial charge in [0.25, 0.3) is 5.69 Å². The zero-order chi connectivity index (χ0) is 10.0. The van der Waals surface area contributed by atoms with Crippen molar-refractivity contribution in [3.63, 3.8) is 0 Å². The molecule has 0 saturated heterocycles. The topological polar surface area (TPSA) is 60.2 Å². The molecule has 6 heteroatoms. The molecule has 70 valence electrons. The number of hydrogen-bond acceptors (Lipinski definition) is 4. The summed E-state index contributed by atoms with van der Waals surface area (Å²) >= 11 is 3.04. The molecule has 0 atom stereocenters. The Morgan fingerprint density at radius 1 is 1.77 bits per heavy atom. The predicted molar refractivity (Wildman–Crippen MR) is 58.3 cm³/mol. The van der Waals surface area contributed by atoms with Crippen LogP contribution in [0.3, 0.4) is 0 Å². The number of thiophene rings is 1. The number of nitro groups is 1. The molecule has 0 unspecified atom stereocenters. The standard InChI is InChI=1S/C7H6INO3S/c1-2-5(10)6-3-4(9(11)12)7(8)13-6/h3H,2H2,1H3. The van der Waals surface area contributed by atoms with E-state index in [-0.39, 0.29) is 11.5 Å². The summed E-state index contributed by atoms with van der Waals surface area (Å²) in [6.45, 7) is 1.74. The molecule has 0 saturated carbocycles. The molecule has 0 aromatic carbocycles. The van der Waals surface area contributed by atoms with Gasteiger partial charge in [0.1, 0.15) is 2.88 Å². The summed E-state index contributed by atoms with van der Waals surface area (Å²) < 4.78 is 0.555. The second-order valence-electron chi connectivity index (χ2n) is 2.30. The monoisotopic (exact) mass is 311 g/mol. The third kappa shape index (κ3) is 2.25. The molecule has 1 heterocycles. The van der Waals surface area contributed by atoms with E-state index in [9.17, 15) is 14.9 Å². The Balaban J connectivity index is 3.09. The van der Waals surface area contributed by atoms with Gasteiger partial charge in [-0.25, -0.2) is 0 Å². The Labute approximate surface area is 92.2 Å². The van der Waals surface area contributed by atoms with Crippen molar-refractivity contribution in [3.05, 3.63) is 23.9 Å². The minimum Gasteiger partial charge on any atom is -0.293 e. The van der Waals surface area contributed by atoms with E-state index >= 15 is 0 Å². The molecule has 1 aromatic heterocycles. The minimum absolute atomic E-state index is 0.0300. The van der Waals surface area contributed by atoms with Gasteiger partial charge in [-0.15, -0.1) is 11.3 Å². The minimum atomic E-state index is -0.468. The zero-order valence-electron chi connectivity index (χ0n) is 6.74. The maximum atomic E-state index is 11.2. The average molecular weight is 311 g/mol. The highest BCUT2D eigenvalue weighted by molar-refractivity contribution is 14.1. The first-order chi connectivity index (χ1) is 6.06. The summed E-state index contributed by atoms with van der Waals surface area (Å²) in [5.41, 5.74) is 0.0300. The number of carbonyl (C=O) groups excluding carboxylic acids is 1. The lowest BCUT2D eigenvalue weighted by Crippen LogP contribution is -1.91. The van der Waals surface area contributed by atoms with Gasteiger partial charge in [0.2, 0.25) is 0 Å². The molecular weight excluding hydrogens is 305 g/mol. The van der Waals surface area contributed by atoms with Crippen LogP contribution in [0.1, 0.15) is 23.0 Å². The van der Waals surface area contributed by atoms with Gasteiger partial charge < -0.3 is 0 Å². The van der Waals surface area contributed by atoms with Crippen LogP contribution in [-0.4, -0.2) is 10.7 Å². The van der Waals surface area contributed by atoms with E-state index < -0.39 is 4.92 Å². The molecule has 0 bridgehead atoms. The molecule has 0 radical (unpaired) electrons. The average Bonchev–Trinajstić information content (AvgIpc) is 2.46. The number of carbonyl (C=O) groups is 1. The lowest BCUT2D eigenvalue weighted by molar-refractivity contribution is -0.385. The van der Waals surface area contributed by atoms with Crippen LogP contribution < -0.4 is 0 Å². The quantitative estimate of drug-likeness (QED) is 0.373. The van der Waals surface area contributed by atoms with E-state index in [1.807, 2.05) is 22.6 Å². The van der Waals surface area contributed by atoms with Crippen LogP contribution in [0.4, 0.5) is 5.69 Å². The number of halogens is 1. The van der Waals surface area contributed by atoms with Crippen LogP contribution in [0.25, 0.3) is 0 Å². The first kappa shape index (κ1) is 10.6. The summed E-state index contributed by atoms with van der Waals surface area (Å²) in [5.74, 6) is -0.0454. The van der Waals surface area contributed by atoms with Crippen molar-refractivity contribution in [1.82, 2.24) is 0 Å². The van der Waals surface area contributed by atoms with Crippen molar-refractivity contribution in [2.24, 2.45) is 0 Å². The second kappa shape index (κ2) is 4.14. The summed E-state index contributed by atoms with van der Waals surface area (Å²) in [6, 6.07) is 1.35. The van der Waals surface area contributed by atoms with Gasteiger partial charge in [0.15, 0.2) is 5.78 Å². The Morgan fingerprint density at radius 3 is 2.77 bits per heavy atom. The number of rotatable bonds is 3. The van der Waals surface area contributed by atoms with E-state index in [4.69, 9.17) is 0 Å². The van der Waals surface area contributed by atoms with Gasteiger partial charge in [-0.1, -0.05) is 6.92 Å². The van der Waals surface area contributed by atoms with E-state index in [1.165, 1.54) is 17.4 Å². The number of hydrogen-bond donors (Lipinski definition) is 0. The van der Waals surface area contributed by atoms with E-state index in [0.29, 0.717) is 14.2 Å².